The first-order valence-corrected chi connectivity index (χ1v) is 4.33. The monoisotopic (exact) mass is 172 g/mol. The normalized spacial score (nSPS) is 17.7. The summed E-state index contributed by atoms with van der Waals surface area (Å²) in [6.07, 6.45) is 0. The van der Waals surface area contributed by atoms with E-state index in [1.165, 1.54) is 0 Å². The van der Waals surface area contributed by atoms with Crippen LogP contribution in [0.15, 0.2) is 0 Å². The van der Waals surface area contributed by atoms with Crippen molar-refractivity contribution in [1.82, 2.24) is 4.90 Å². The Hall–Kier alpha value is -0.610. The fourth-order valence-electron chi connectivity index (χ4n) is 1.20. The van der Waals surface area contributed by atoms with Crippen molar-refractivity contribution >= 4 is 5.91 Å². The Morgan fingerprint density at radius 3 is 2.83 bits per heavy atom. The van der Waals surface area contributed by atoms with E-state index >= 15 is 0 Å². The molecule has 12 heavy (non-hydrogen) atoms. The Kier molecular flexibility index (Phi) is 3.49. The van der Waals surface area contributed by atoms with E-state index in [0.29, 0.717) is 19.1 Å². The second kappa shape index (κ2) is 4.42. The number of hydrogen-bond donors (Lipinski definition) is 1. The second-order valence-electron chi connectivity index (χ2n) is 3.04. The lowest BCUT2D eigenvalue weighted by Crippen LogP contribution is -2.53. The molecule has 70 valence electrons. The van der Waals surface area contributed by atoms with E-state index in [0.717, 1.165) is 13.1 Å². The quantitative estimate of drug-likeness (QED) is 0.618. The number of likely N-dealkylation sites (tertiary alicyclic amines) is 1. The zero-order valence-electron chi connectivity index (χ0n) is 7.45. The van der Waals surface area contributed by atoms with Gasteiger partial charge in [-0.3, -0.25) is 4.79 Å². The maximum Gasteiger partial charge on any atom is 0.248 e. The van der Waals surface area contributed by atoms with Gasteiger partial charge in [0.25, 0.3) is 0 Å². The summed E-state index contributed by atoms with van der Waals surface area (Å²) in [7, 11) is 0. The molecule has 0 radical (unpaired) electrons. The van der Waals surface area contributed by atoms with Crippen LogP contribution in [-0.4, -0.2) is 43.7 Å². The first-order valence-electron chi connectivity index (χ1n) is 4.33. The van der Waals surface area contributed by atoms with Gasteiger partial charge < -0.3 is 15.4 Å². The molecule has 1 rings (SSSR count). The highest BCUT2D eigenvalue weighted by Crippen LogP contribution is 2.13. The number of hydrogen-bond acceptors (Lipinski definition) is 3. The third-order valence-corrected chi connectivity index (χ3v) is 2.07. The van der Waals surface area contributed by atoms with Gasteiger partial charge in [-0.15, -0.1) is 0 Å². The number of carbonyl (C=O) groups is 1. The van der Waals surface area contributed by atoms with Gasteiger partial charge in [-0.1, -0.05) is 0 Å². The molecule has 2 N–H and O–H groups in total. The number of nitrogens with two attached hydrogens (primary N) is 1. The molecule has 0 aliphatic carbocycles. The van der Waals surface area contributed by atoms with Crippen LogP contribution in [0.4, 0.5) is 0 Å². The van der Waals surface area contributed by atoms with E-state index in [-0.39, 0.29) is 12.5 Å². The lowest BCUT2D eigenvalue weighted by atomic mass is 10.0. The van der Waals surface area contributed by atoms with E-state index < -0.39 is 0 Å². The number of nitrogens with zero attached hydrogens (tertiary/aromatic N) is 1. The number of ether oxygens (including phenoxy) is 1. The minimum absolute atomic E-state index is 0.0848. The average molecular weight is 172 g/mol. The van der Waals surface area contributed by atoms with Gasteiger partial charge in [-0.05, 0) is 13.5 Å². The number of amides is 1. The minimum atomic E-state index is 0.0848. The van der Waals surface area contributed by atoms with Crippen LogP contribution in [0.1, 0.15) is 6.92 Å². The van der Waals surface area contributed by atoms with Crippen LogP contribution in [-0.2, 0) is 9.53 Å². The van der Waals surface area contributed by atoms with E-state index in [1.807, 2.05) is 6.92 Å². The fraction of sp³-hybridized carbons (Fsp3) is 0.875. The molecule has 1 amide bonds. The summed E-state index contributed by atoms with van der Waals surface area (Å²) in [4.78, 5) is 13.0. The SMILES string of the molecule is CCOCC(=O)N1CC(CN)C1. The molecular weight excluding hydrogens is 156 g/mol. The largest absolute Gasteiger partial charge is 0.372 e. The lowest BCUT2D eigenvalue weighted by Gasteiger charge is -2.38. The third kappa shape index (κ3) is 2.19. The predicted molar refractivity (Wildman–Crippen MR) is 45.6 cm³/mol. The maximum atomic E-state index is 11.2. The molecule has 0 saturated carbocycles. The summed E-state index contributed by atoms with van der Waals surface area (Å²) in [5.74, 6) is 0.595. The van der Waals surface area contributed by atoms with Gasteiger partial charge in [0, 0.05) is 25.6 Å². The predicted octanol–water partition coefficient (Wildman–Crippen LogP) is -0.560. The van der Waals surface area contributed by atoms with Crippen LogP contribution >= 0.6 is 0 Å². The molecule has 0 aromatic carbocycles. The fourth-order valence-corrected chi connectivity index (χ4v) is 1.20. The number of rotatable bonds is 4. The Morgan fingerprint density at radius 1 is 1.67 bits per heavy atom. The van der Waals surface area contributed by atoms with Gasteiger partial charge in [0.1, 0.15) is 6.61 Å². The van der Waals surface area contributed by atoms with Crippen LogP contribution in [0.5, 0.6) is 0 Å². The Morgan fingerprint density at radius 2 is 2.33 bits per heavy atom. The first-order chi connectivity index (χ1) is 5.77. The van der Waals surface area contributed by atoms with Crippen LogP contribution in [0.2, 0.25) is 0 Å². The lowest BCUT2D eigenvalue weighted by molar-refractivity contribution is -0.142. The molecule has 0 aromatic heterocycles. The molecule has 1 fully saturated rings. The van der Waals surface area contributed by atoms with Crippen LogP contribution < -0.4 is 5.73 Å². The van der Waals surface area contributed by atoms with Crippen molar-refractivity contribution in [2.75, 3.05) is 32.8 Å². The van der Waals surface area contributed by atoms with Gasteiger partial charge in [0.05, 0.1) is 0 Å². The molecule has 0 unspecified atom stereocenters. The molecule has 1 saturated heterocycles. The molecule has 1 aliphatic rings. The topological polar surface area (TPSA) is 55.6 Å². The first kappa shape index (κ1) is 9.48. The molecule has 1 aliphatic heterocycles. The van der Waals surface area contributed by atoms with Gasteiger partial charge in [0.2, 0.25) is 5.91 Å². The highest BCUT2D eigenvalue weighted by Gasteiger charge is 2.28. The molecule has 4 heteroatoms. The van der Waals surface area contributed by atoms with Gasteiger partial charge >= 0.3 is 0 Å². The van der Waals surface area contributed by atoms with Crippen molar-refractivity contribution in [3.8, 4) is 0 Å². The Balaban J connectivity index is 2.11. The van der Waals surface area contributed by atoms with Crippen molar-refractivity contribution in [2.24, 2.45) is 11.7 Å². The average Bonchev–Trinajstić information content (AvgIpc) is 1.99. The van der Waals surface area contributed by atoms with Crippen molar-refractivity contribution in [2.45, 2.75) is 6.92 Å². The van der Waals surface area contributed by atoms with Crippen molar-refractivity contribution < 1.29 is 9.53 Å². The molecule has 1 heterocycles. The summed E-state index contributed by atoms with van der Waals surface area (Å²) in [6, 6.07) is 0. The molecule has 0 atom stereocenters. The molecular formula is C8H16N2O2. The summed E-state index contributed by atoms with van der Waals surface area (Å²) in [5, 5.41) is 0. The Bertz CT molecular complexity index is 155. The van der Waals surface area contributed by atoms with Gasteiger partial charge in [-0.25, -0.2) is 0 Å². The zero-order valence-corrected chi connectivity index (χ0v) is 7.45. The highest BCUT2D eigenvalue weighted by molar-refractivity contribution is 5.78. The van der Waals surface area contributed by atoms with Crippen molar-refractivity contribution in [3.05, 3.63) is 0 Å². The molecule has 0 spiro atoms. The third-order valence-electron chi connectivity index (χ3n) is 2.07. The van der Waals surface area contributed by atoms with E-state index in [2.05, 4.69) is 0 Å². The van der Waals surface area contributed by atoms with Crippen LogP contribution in [0.25, 0.3) is 0 Å². The van der Waals surface area contributed by atoms with Crippen molar-refractivity contribution in [1.29, 1.82) is 0 Å². The maximum absolute atomic E-state index is 11.2. The van der Waals surface area contributed by atoms with E-state index in [9.17, 15) is 4.79 Å². The van der Waals surface area contributed by atoms with Crippen LogP contribution in [0, 0.1) is 5.92 Å². The summed E-state index contributed by atoms with van der Waals surface area (Å²) in [6.45, 7) is 4.99. The molecule has 0 aromatic rings. The summed E-state index contributed by atoms with van der Waals surface area (Å²) in [5.41, 5.74) is 5.43. The summed E-state index contributed by atoms with van der Waals surface area (Å²) < 4.78 is 5.00. The van der Waals surface area contributed by atoms with E-state index in [4.69, 9.17) is 10.5 Å². The highest BCUT2D eigenvalue weighted by atomic mass is 16.5. The van der Waals surface area contributed by atoms with E-state index in [1.54, 1.807) is 4.90 Å². The smallest absolute Gasteiger partial charge is 0.248 e. The molecule has 4 nitrogen and oxygen atoms in total. The van der Waals surface area contributed by atoms with Gasteiger partial charge in [0.15, 0.2) is 0 Å². The molecule has 0 bridgehead atoms. The van der Waals surface area contributed by atoms with Crippen LogP contribution in [0.3, 0.4) is 0 Å². The van der Waals surface area contributed by atoms with Crippen molar-refractivity contribution in [3.63, 3.8) is 0 Å². The zero-order chi connectivity index (χ0) is 8.97. The second-order valence-corrected chi connectivity index (χ2v) is 3.04. The minimum Gasteiger partial charge on any atom is -0.372 e. The standard InChI is InChI=1S/C8H16N2O2/c1-2-12-6-8(11)10-4-7(3-9)5-10/h7H,2-6,9H2,1H3. The summed E-state index contributed by atoms with van der Waals surface area (Å²) >= 11 is 0. The number of carbonyl (C=O) groups excluding carboxylic acids is 1. The Labute approximate surface area is 72.7 Å². The van der Waals surface area contributed by atoms with Gasteiger partial charge in [-0.2, -0.15) is 0 Å².